The van der Waals surface area contributed by atoms with Crippen LogP contribution in [0.15, 0.2) is 48.5 Å². The molecule has 0 radical (unpaired) electrons. The van der Waals surface area contributed by atoms with Crippen LogP contribution < -0.4 is 14.2 Å². The van der Waals surface area contributed by atoms with Gasteiger partial charge in [0.1, 0.15) is 6.07 Å². The molecule has 6 nitrogen and oxygen atoms in total. The molecule has 1 heterocycles. The molecule has 2 aromatic carbocycles. The van der Waals surface area contributed by atoms with E-state index >= 15 is 0 Å². The number of fused-ring (bicyclic) bond motifs is 1. The first-order valence-corrected chi connectivity index (χ1v) is 9.20. The third-order valence-electron chi connectivity index (χ3n) is 5.45. The summed E-state index contributed by atoms with van der Waals surface area (Å²) in [6, 6.07) is 16.2. The number of allylic oxidation sites excluding steroid dienone is 1. The number of nitriles is 1. The largest absolute Gasteiger partial charge is 0.493 e. The molecule has 4 rings (SSSR count). The number of rotatable bonds is 5. The topological polar surface area (TPSA) is 80.2 Å². The van der Waals surface area contributed by atoms with Gasteiger partial charge in [-0.25, -0.2) is 0 Å². The van der Waals surface area contributed by atoms with Crippen molar-refractivity contribution < 1.29 is 14.2 Å². The Morgan fingerprint density at radius 1 is 1.00 bits per heavy atom. The first kappa shape index (κ1) is 18.6. The van der Waals surface area contributed by atoms with Crippen LogP contribution in [0.4, 0.5) is 0 Å². The molecule has 1 aliphatic carbocycles. The van der Waals surface area contributed by atoms with E-state index in [-0.39, 0.29) is 0 Å². The summed E-state index contributed by atoms with van der Waals surface area (Å²) < 4.78 is 16.9. The molecule has 1 N–H and O–H groups in total. The molecule has 0 bridgehead atoms. The van der Waals surface area contributed by atoms with Gasteiger partial charge in [0.15, 0.2) is 17.2 Å². The van der Waals surface area contributed by atoms with Crippen LogP contribution in [0.3, 0.4) is 0 Å². The number of ether oxygens (including phenoxy) is 3. The zero-order valence-electron chi connectivity index (χ0n) is 16.5. The van der Waals surface area contributed by atoms with Crippen LogP contribution in [0.2, 0.25) is 0 Å². The minimum absolute atomic E-state index is 0.400. The molecule has 29 heavy (non-hydrogen) atoms. The zero-order valence-corrected chi connectivity index (χ0v) is 16.5. The van der Waals surface area contributed by atoms with Crippen molar-refractivity contribution in [2.75, 3.05) is 21.3 Å². The summed E-state index contributed by atoms with van der Waals surface area (Å²) in [4.78, 5) is 0. The number of H-pyrrole nitrogens is 1. The van der Waals surface area contributed by atoms with Crippen LogP contribution >= 0.6 is 0 Å². The monoisotopic (exact) mass is 387 g/mol. The van der Waals surface area contributed by atoms with Crippen LogP contribution in [0.1, 0.15) is 28.1 Å². The predicted octanol–water partition coefficient (Wildman–Crippen LogP) is 3.86. The molecular weight excluding hydrogens is 366 g/mol. The molecule has 1 aliphatic rings. The van der Waals surface area contributed by atoms with Crippen molar-refractivity contribution in [1.29, 1.82) is 5.26 Å². The molecule has 0 saturated carbocycles. The van der Waals surface area contributed by atoms with E-state index in [1.807, 2.05) is 36.4 Å². The minimum Gasteiger partial charge on any atom is -0.493 e. The van der Waals surface area contributed by atoms with E-state index in [4.69, 9.17) is 14.2 Å². The Balaban J connectivity index is 1.99. The Bertz CT molecular complexity index is 1110. The predicted molar refractivity (Wildman–Crippen MR) is 109 cm³/mol. The van der Waals surface area contributed by atoms with Gasteiger partial charge in [0.2, 0.25) is 5.75 Å². The summed E-state index contributed by atoms with van der Waals surface area (Å²) in [6.07, 6.45) is 4.68. The van der Waals surface area contributed by atoms with Gasteiger partial charge in [-0.05, 0) is 11.6 Å². The smallest absolute Gasteiger partial charge is 0.203 e. The molecule has 1 atom stereocenters. The molecular formula is C23H21N3O3. The number of nitrogens with one attached hydrogen (secondary N) is 1. The summed E-state index contributed by atoms with van der Waals surface area (Å²) in [7, 11) is 4.83. The van der Waals surface area contributed by atoms with Crippen molar-refractivity contribution in [3.05, 3.63) is 76.6 Å². The highest BCUT2D eigenvalue weighted by molar-refractivity contribution is 5.69. The van der Waals surface area contributed by atoms with E-state index in [2.05, 4.69) is 34.5 Å². The Kier molecular flexibility index (Phi) is 4.73. The second-order valence-electron chi connectivity index (χ2n) is 6.81. The second-order valence-corrected chi connectivity index (χ2v) is 6.81. The maximum Gasteiger partial charge on any atom is 0.203 e. The van der Waals surface area contributed by atoms with Gasteiger partial charge >= 0.3 is 0 Å². The molecule has 0 saturated heterocycles. The van der Waals surface area contributed by atoms with Gasteiger partial charge in [0.05, 0.1) is 21.3 Å². The van der Waals surface area contributed by atoms with Crippen LogP contribution in [0.25, 0.3) is 6.08 Å². The van der Waals surface area contributed by atoms with Crippen molar-refractivity contribution >= 4 is 6.08 Å². The van der Waals surface area contributed by atoms with Crippen molar-refractivity contribution in [3.63, 3.8) is 0 Å². The summed E-state index contributed by atoms with van der Waals surface area (Å²) >= 11 is 0. The molecule has 1 unspecified atom stereocenters. The fourth-order valence-corrected chi connectivity index (χ4v) is 4.08. The number of aromatic nitrogens is 2. The lowest BCUT2D eigenvalue weighted by atomic mass is 9.68. The van der Waals surface area contributed by atoms with Crippen LogP contribution in [0, 0.1) is 11.3 Å². The van der Waals surface area contributed by atoms with Crippen molar-refractivity contribution in [1.82, 2.24) is 10.2 Å². The lowest BCUT2D eigenvalue weighted by Crippen LogP contribution is -2.31. The second kappa shape index (κ2) is 7.36. The summed E-state index contributed by atoms with van der Waals surface area (Å²) in [5.74, 6) is 1.76. The Hall–Kier alpha value is -3.72. The van der Waals surface area contributed by atoms with E-state index in [1.165, 1.54) is 0 Å². The summed E-state index contributed by atoms with van der Waals surface area (Å²) in [5.41, 5.74) is 3.65. The van der Waals surface area contributed by atoms with Gasteiger partial charge in [-0.3, -0.25) is 5.10 Å². The van der Waals surface area contributed by atoms with E-state index < -0.39 is 5.41 Å². The molecule has 0 fully saturated rings. The maximum atomic E-state index is 9.34. The molecule has 0 aliphatic heterocycles. The third-order valence-corrected chi connectivity index (χ3v) is 5.45. The number of nitrogens with zero attached hydrogens (tertiary/aromatic N) is 2. The Labute approximate surface area is 169 Å². The number of hydrogen-bond donors (Lipinski definition) is 1. The maximum absolute atomic E-state index is 9.34. The normalized spacial score (nSPS) is 17.3. The highest BCUT2D eigenvalue weighted by atomic mass is 16.5. The van der Waals surface area contributed by atoms with Gasteiger partial charge in [-0.2, -0.15) is 10.4 Å². The quantitative estimate of drug-likeness (QED) is 0.719. The number of benzene rings is 2. The fraction of sp³-hybridized carbons (Fsp3) is 0.217. The summed E-state index contributed by atoms with van der Waals surface area (Å²) in [6.45, 7) is 0. The van der Waals surface area contributed by atoms with Gasteiger partial charge in [0, 0.05) is 28.7 Å². The SMILES string of the molecule is COc1ccc(C2(c3ccccc3)C=Cc3c(C#N)n[nH]c3C2)c(OC)c1OC. The average molecular weight is 387 g/mol. The lowest BCUT2D eigenvalue weighted by molar-refractivity contribution is 0.319. The lowest BCUT2D eigenvalue weighted by Gasteiger charge is -2.35. The highest BCUT2D eigenvalue weighted by Gasteiger charge is 2.40. The third kappa shape index (κ3) is 2.83. The zero-order chi connectivity index (χ0) is 20.4. The van der Waals surface area contributed by atoms with Crippen molar-refractivity contribution in [2.24, 2.45) is 0 Å². The molecule has 0 amide bonds. The van der Waals surface area contributed by atoms with Gasteiger partial charge in [0.25, 0.3) is 0 Å². The molecule has 3 aromatic rings. The van der Waals surface area contributed by atoms with E-state index in [1.54, 1.807) is 21.3 Å². The van der Waals surface area contributed by atoms with Crippen LogP contribution in [-0.2, 0) is 11.8 Å². The number of aromatic amines is 1. The highest BCUT2D eigenvalue weighted by Crippen LogP contribution is 2.50. The standard InChI is InChI=1S/C23H21N3O3/c1-27-20-10-9-17(21(28-2)22(20)29-3)23(15-7-5-4-6-8-15)12-11-16-18(13-23)25-26-19(16)14-24/h4-12H,13H2,1-3H3,(H,25,26). The van der Waals surface area contributed by atoms with Crippen LogP contribution in [-0.4, -0.2) is 31.5 Å². The van der Waals surface area contributed by atoms with E-state index in [0.717, 1.165) is 22.4 Å². The van der Waals surface area contributed by atoms with Crippen LogP contribution in [0.5, 0.6) is 17.2 Å². The summed E-state index contributed by atoms with van der Waals surface area (Å²) in [5, 5.41) is 16.5. The fourth-order valence-electron chi connectivity index (χ4n) is 4.08. The van der Waals surface area contributed by atoms with Crippen molar-refractivity contribution in [3.8, 4) is 23.3 Å². The average Bonchev–Trinajstić information content (AvgIpc) is 3.20. The Morgan fingerprint density at radius 2 is 1.76 bits per heavy atom. The van der Waals surface area contributed by atoms with Gasteiger partial charge < -0.3 is 14.2 Å². The Morgan fingerprint density at radius 3 is 2.41 bits per heavy atom. The van der Waals surface area contributed by atoms with Gasteiger partial charge in [-0.1, -0.05) is 48.6 Å². The number of methoxy groups -OCH3 is 3. The molecule has 6 heteroatoms. The van der Waals surface area contributed by atoms with Gasteiger partial charge in [-0.15, -0.1) is 0 Å². The van der Waals surface area contributed by atoms with Crippen molar-refractivity contribution in [2.45, 2.75) is 11.8 Å². The number of hydrogen-bond acceptors (Lipinski definition) is 5. The van der Waals surface area contributed by atoms with E-state index in [9.17, 15) is 5.26 Å². The minimum atomic E-state index is -0.529. The molecule has 146 valence electrons. The first-order chi connectivity index (χ1) is 14.2. The molecule has 0 spiro atoms. The molecule has 1 aromatic heterocycles. The van der Waals surface area contributed by atoms with E-state index in [0.29, 0.717) is 29.4 Å². The first-order valence-electron chi connectivity index (χ1n) is 9.20.